The molecule has 6 nitrogen and oxygen atoms in total. The van der Waals surface area contributed by atoms with Gasteiger partial charge in [0.05, 0.1) is 6.54 Å². The molecule has 0 fully saturated rings. The lowest BCUT2D eigenvalue weighted by Gasteiger charge is -2.03. The van der Waals surface area contributed by atoms with Crippen LogP contribution in [0.5, 0.6) is 0 Å². The topological polar surface area (TPSA) is 90.7 Å². The van der Waals surface area contributed by atoms with Crippen molar-refractivity contribution < 1.29 is 19.1 Å². The average Bonchev–Trinajstić information content (AvgIpc) is 1.98. The van der Waals surface area contributed by atoms with E-state index in [9.17, 15) is 9.59 Å². The molecule has 70 valence electrons. The Morgan fingerprint density at radius 3 is 2.67 bits per heavy atom. The summed E-state index contributed by atoms with van der Waals surface area (Å²) in [5, 5.41) is 2.44. The zero-order chi connectivity index (χ0) is 9.40. The second-order valence-corrected chi connectivity index (χ2v) is 1.95. The van der Waals surface area contributed by atoms with E-state index in [1.165, 1.54) is 7.11 Å². The average molecular weight is 176 g/mol. The summed E-state index contributed by atoms with van der Waals surface area (Å²) in [6.07, 6.45) is -0.851. The molecule has 0 aliphatic heterocycles. The van der Waals surface area contributed by atoms with Crippen molar-refractivity contribution in [1.82, 2.24) is 5.32 Å². The predicted octanol–water partition coefficient (Wildman–Crippen LogP) is -1.16. The number of rotatable bonds is 5. The molecule has 0 aliphatic rings. The normalized spacial score (nSPS) is 9.08. The summed E-state index contributed by atoms with van der Waals surface area (Å²) in [7, 11) is 1.42. The Labute approximate surface area is 70.0 Å². The fourth-order valence-corrected chi connectivity index (χ4v) is 0.524. The highest BCUT2D eigenvalue weighted by Crippen LogP contribution is 1.73. The van der Waals surface area contributed by atoms with E-state index in [-0.39, 0.29) is 25.7 Å². The molecular weight excluding hydrogens is 164 g/mol. The molecule has 0 bridgehead atoms. The second-order valence-electron chi connectivity index (χ2n) is 1.95. The number of primary amides is 1. The van der Waals surface area contributed by atoms with Gasteiger partial charge >= 0.3 is 6.09 Å². The van der Waals surface area contributed by atoms with E-state index in [4.69, 9.17) is 0 Å². The maximum atomic E-state index is 10.7. The lowest BCUT2D eigenvalue weighted by molar-refractivity contribution is -0.124. The van der Waals surface area contributed by atoms with Crippen LogP contribution < -0.4 is 11.1 Å². The van der Waals surface area contributed by atoms with Crippen LogP contribution in [0.3, 0.4) is 0 Å². The van der Waals surface area contributed by atoms with Gasteiger partial charge in [0, 0.05) is 7.11 Å². The van der Waals surface area contributed by atoms with Crippen LogP contribution in [0.4, 0.5) is 4.79 Å². The number of nitrogens with one attached hydrogen (secondary N) is 1. The molecule has 0 aromatic rings. The first-order valence-corrected chi connectivity index (χ1v) is 3.34. The zero-order valence-corrected chi connectivity index (χ0v) is 6.83. The largest absolute Gasteiger partial charge is 0.448 e. The van der Waals surface area contributed by atoms with Gasteiger partial charge in [-0.25, -0.2) is 4.79 Å². The third-order valence-corrected chi connectivity index (χ3v) is 0.944. The highest BCUT2D eigenvalue weighted by Gasteiger charge is 1.98. The van der Waals surface area contributed by atoms with Crippen LogP contribution >= 0.6 is 0 Å². The van der Waals surface area contributed by atoms with Gasteiger partial charge in [0.1, 0.15) is 13.2 Å². The Morgan fingerprint density at radius 1 is 1.50 bits per heavy atom. The van der Waals surface area contributed by atoms with Crippen LogP contribution in [0, 0.1) is 0 Å². The number of carbonyl (C=O) groups is 2. The van der Waals surface area contributed by atoms with E-state index < -0.39 is 6.09 Å². The molecular formula is C6H12N2O4. The first-order chi connectivity index (χ1) is 5.66. The fourth-order valence-electron chi connectivity index (χ4n) is 0.524. The third-order valence-electron chi connectivity index (χ3n) is 0.944. The monoisotopic (exact) mass is 176 g/mol. The van der Waals surface area contributed by atoms with Crippen molar-refractivity contribution in [2.75, 3.05) is 26.9 Å². The van der Waals surface area contributed by atoms with E-state index in [1.807, 2.05) is 0 Å². The van der Waals surface area contributed by atoms with Gasteiger partial charge < -0.3 is 20.5 Å². The molecule has 0 saturated heterocycles. The van der Waals surface area contributed by atoms with Crippen molar-refractivity contribution >= 4 is 12.0 Å². The van der Waals surface area contributed by atoms with Gasteiger partial charge in [0.25, 0.3) is 0 Å². The molecule has 6 heteroatoms. The van der Waals surface area contributed by atoms with Gasteiger partial charge in [0.15, 0.2) is 0 Å². The van der Waals surface area contributed by atoms with Crippen molar-refractivity contribution in [2.24, 2.45) is 5.73 Å². The highest BCUT2D eigenvalue weighted by atomic mass is 16.5. The van der Waals surface area contributed by atoms with Gasteiger partial charge in [-0.15, -0.1) is 0 Å². The molecule has 2 amide bonds. The van der Waals surface area contributed by atoms with Crippen molar-refractivity contribution in [3.63, 3.8) is 0 Å². The summed E-state index contributed by atoms with van der Waals surface area (Å²) < 4.78 is 8.89. The molecule has 0 unspecified atom stereocenters. The van der Waals surface area contributed by atoms with Gasteiger partial charge in [-0.1, -0.05) is 0 Å². The van der Waals surface area contributed by atoms with Gasteiger partial charge in [-0.3, -0.25) is 4.79 Å². The molecule has 0 rings (SSSR count). The number of nitrogens with two attached hydrogens (primary N) is 1. The van der Waals surface area contributed by atoms with Crippen LogP contribution in [-0.2, 0) is 14.3 Å². The van der Waals surface area contributed by atoms with Crippen molar-refractivity contribution in [3.05, 3.63) is 0 Å². The number of carbonyl (C=O) groups excluding carboxylic acids is 2. The summed E-state index contributed by atoms with van der Waals surface area (Å²) in [4.78, 5) is 20.7. The number of amides is 2. The Morgan fingerprint density at radius 2 is 2.17 bits per heavy atom. The van der Waals surface area contributed by atoms with E-state index in [1.54, 1.807) is 0 Å². The predicted molar refractivity (Wildman–Crippen MR) is 40.4 cm³/mol. The molecule has 12 heavy (non-hydrogen) atoms. The Balaban J connectivity index is 3.19. The van der Waals surface area contributed by atoms with Crippen molar-refractivity contribution in [1.29, 1.82) is 0 Å². The fraction of sp³-hybridized carbons (Fsp3) is 0.667. The molecule has 0 aromatic carbocycles. The van der Waals surface area contributed by atoms with Crippen LogP contribution in [0.15, 0.2) is 0 Å². The molecule has 0 spiro atoms. The van der Waals surface area contributed by atoms with Crippen LogP contribution in [0.2, 0.25) is 0 Å². The number of ether oxygens (including phenoxy) is 2. The summed E-state index contributed by atoms with van der Waals surface area (Å²) in [5.74, 6) is -0.259. The van der Waals surface area contributed by atoms with E-state index in [0.717, 1.165) is 0 Å². The maximum absolute atomic E-state index is 10.7. The number of hydrogen-bond acceptors (Lipinski definition) is 4. The van der Waals surface area contributed by atoms with E-state index >= 15 is 0 Å². The number of hydrogen-bond donors (Lipinski definition) is 2. The standard InChI is InChI=1S/C6H12N2O4/c1-11-4-5(9)8-2-3-12-6(7)10/h2-4H2,1H3,(H2,7,10)(H,8,9). The summed E-state index contributed by atoms with van der Waals surface area (Å²) in [6, 6.07) is 0. The molecule has 0 aliphatic carbocycles. The van der Waals surface area contributed by atoms with E-state index in [0.29, 0.717) is 0 Å². The van der Waals surface area contributed by atoms with Crippen molar-refractivity contribution in [3.8, 4) is 0 Å². The summed E-state index contributed by atoms with van der Waals surface area (Å²) in [5.41, 5.74) is 4.67. The Hall–Kier alpha value is -1.30. The minimum atomic E-state index is -0.851. The molecule has 0 heterocycles. The lowest BCUT2D eigenvalue weighted by atomic mass is 10.6. The van der Waals surface area contributed by atoms with Crippen LogP contribution in [-0.4, -0.2) is 38.9 Å². The third kappa shape index (κ3) is 6.81. The second kappa shape index (κ2) is 6.41. The summed E-state index contributed by atoms with van der Waals surface area (Å²) >= 11 is 0. The van der Waals surface area contributed by atoms with Crippen LogP contribution in [0.25, 0.3) is 0 Å². The molecule has 0 atom stereocenters. The van der Waals surface area contributed by atoms with Crippen molar-refractivity contribution in [2.45, 2.75) is 0 Å². The number of methoxy groups -OCH3 is 1. The molecule has 0 radical (unpaired) electrons. The lowest BCUT2D eigenvalue weighted by Crippen LogP contribution is -2.31. The molecule has 0 aromatic heterocycles. The van der Waals surface area contributed by atoms with Gasteiger partial charge in [-0.2, -0.15) is 0 Å². The Bertz CT molecular complexity index is 160. The molecule has 0 saturated carbocycles. The van der Waals surface area contributed by atoms with Gasteiger partial charge in [0.2, 0.25) is 5.91 Å². The van der Waals surface area contributed by atoms with E-state index in [2.05, 4.69) is 20.5 Å². The van der Waals surface area contributed by atoms with Crippen LogP contribution in [0.1, 0.15) is 0 Å². The minimum absolute atomic E-state index is 0.00340. The smallest absolute Gasteiger partial charge is 0.404 e. The quantitative estimate of drug-likeness (QED) is 0.517. The first kappa shape index (κ1) is 10.7. The minimum Gasteiger partial charge on any atom is -0.448 e. The maximum Gasteiger partial charge on any atom is 0.404 e. The highest BCUT2D eigenvalue weighted by molar-refractivity contribution is 5.77. The van der Waals surface area contributed by atoms with Gasteiger partial charge in [-0.05, 0) is 0 Å². The Kier molecular flexibility index (Phi) is 5.72. The molecule has 3 N–H and O–H groups in total. The SMILES string of the molecule is COCC(=O)NCCOC(N)=O. The summed E-state index contributed by atoms with van der Waals surface area (Å²) in [6.45, 7) is 0.312. The zero-order valence-electron chi connectivity index (χ0n) is 6.83. The first-order valence-electron chi connectivity index (χ1n) is 3.34.